The van der Waals surface area contributed by atoms with E-state index in [0.717, 1.165) is 25.7 Å². The molecule has 0 aliphatic heterocycles. The molecule has 1 aliphatic carbocycles. The van der Waals surface area contributed by atoms with Gasteiger partial charge in [0.05, 0.1) is 19.3 Å². The van der Waals surface area contributed by atoms with E-state index >= 15 is 0 Å². The van der Waals surface area contributed by atoms with Crippen LogP contribution in [0.1, 0.15) is 99.8 Å². The molecule has 6 nitrogen and oxygen atoms in total. The Balaban J connectivity index is 3.28. The maximum absolute atomic E-state index is 13.4. The molecule has 0 unspecified atom stereocenters. The Bertz CT molecular complexity index is 923. The van der Waals surface area contributed by atoms with Gasteiger partial charge < -0.3 is 13.6 Å². The van der Waals surface area contributed by atoms with Gasteiger partial charge in [-0.1, -0.05) is 86.0 Å². The number of carbonyl (C=O) groups is 3. The van der Waals surface area contributed by atoms with Crippen LogP contribution in [0.5, 0.6) is 0 Å². The second kappa shape index (κ2) is 15.9. The summed E-state index contributed by atoms with van der Waals surface area (Å²) in [6.07, 6.45) is 12.7. The van der Waals surface area contributed by atoms with Gasteiger partial charge in [0.1, 0.15) is 11.6 Å². The SMILES string of the molecule is CCCCC[C@@H](/C=C/[C@H]1[C@H](O[Si](C)(C)C(C)(C)C)CC(=O)[C@@H]1CC(=O)CC/C=C/C(=O)OC)O[Si](C)(C)C(C)(C)C. The average Bonchev–Trinajstić information content (AvgIpc) is 3.11. The minimum Gasteiger partial charge on any atom is -0.466 e. The molecule has 41 heavy (non-hydrogen) atoms. The largest absolute Gasteiger partial charge is 0.466 e. The second-order valence-corrected chi connectivity index (χ2v) is 24.3. The number of hydrogen-bond acceptors (Lipinski definition) is 6. The Morgan fingerprint density at radius 3 is 2.15 bits per heavy atom. The lowest BCUT2D eigenvalue weighted by atomic mass is 9.88. The van der Waals surface area contributed by atoms with Gasteiger partial charge in [-0.3, -0.25) is 9.59 Å². The Morgan fingerprint density at radius 1 is 1.00 bits per heavy atom. The lowest BCUT2D eigenvalue weighted by molar-refractivity contribution is -0.134. The Morgan fingerprint density at radius 2 is 1.61 bits per heavy atom. The van der Waals surface area contributed by atoms with Crippen molar-refractivity contribution in [3.63, 3.8) is 0 Å². The third-order valence-electron chi connectivity index (χ3n) is 9.35. The van der Waals surface area contributed by atoms with Crippen LogP contribution in [0.2, 0.25) is 36.3 Å². The molecule has 0 aromatic heterocycles. The number of Topliss-reactive ketones (excluding diaryl/α,β-unsaturated/α-hetero) is 2. The van der Waals surface area contributed by atoms with Crippen molar-refractivity contribution in [1.29, 1.82) is 0 Å². The number of ketones is 2. The van der Waals surface area contributed by atoms with Crippen molar-refractivity contribution in [3.05, 3.63) is 24.3 Å². The predicted octanol–water partition coefficient (Wildman–Crippen LogP) is 8.58. The van der Waals surface area contributed by atoms with E-state index in [1.165, 1.54) is 13.2 Å². The smallest absolute Gasteiger partial charge is 0.330 e. The maximum Gasteiger partial charge on any atom is 0.330 e. The molecule has 0 radical (unpaired) electrons. The molecular weight excluding hydrogens is 549 g/mol. The first kappa shape index (κ1) is 37.7. The molecule has 0 aromatic rings. The van der Waals surface area contributed by atoms with Crippen molar-refractivity contribution in [2.75, 3.05) is 7.11 Å². The van der Waals surface area contributed by atoms with Gasteiger partial charge in [-0.05, 0) is 49.1 Å². The molecule has 4 atom stereocenters. The molecule has 236 valence electrons. The van der Waals surface area contributed by atoms with E-state index < -0.39 is 28.5 Å². The molecule has 0 bridgehead atoms. The number of carbonyl (C=O) groups excluding carboxylic acids is 3. The van der Waals surface area contributed by atoms with Crippen LogP contribution in [0.25, 0.3) is 0 Å². The number of allylic oxidation sites excluding steroid dienone is 1. The van der Waals surface area contributed by atoms with E-state index in [1.807, 2.05) is 0 Å². The molecule has 1 aliphatic rings. The highest BCUT2D eigenvalue weighted by molar-refractivity contribution is 6.74. The summed E-state index contributed by atoms with van der Waals surface area (Å²) in [4.78, 5) is 37.7. The summed E-state index contributed by atoms with van der Waals surface area (Å²) in [6, 6.07) is 0. The van der Waals surface area contributed by atoms with Crippen LogP contribution in [-0.4, -0.2) is 53.5 Å². The van der Waals surface area contributed by atoms with Gasteiger partial charge in [-0.15, -0.1) is 0 Å². The normalized spacial score (nSPS) is 21.7. The quantitative estimate of drug-likeness (QED) is 0.0574. The van der Waals surface area contributed by atoms with Gasteiger partial charge in [0.15, 0.2) is 16.6 Å². The first-order valence-electron chi connectivity index (χ1n) is 15.6. The summed E-state index contributed by atoms with van der Waals surface area (Å²) in [5, 5.41) is 0.108. The third-order valence-corrected chi connectivity index (χ3v) is 18.4. The van der Waals surface area contributed by atoms with E-state index in [0.29, 0.717) is 12.8 Å². The van der Waals surface area contributed by atoms with E-state index in [-0.39, 0.29) is 52.6 Å². The van der Waals surface area contributed by atoms with Crippen LogP contribution < -0.4 is 0 Å². The van der Waals surface area contributed by atoms with Crippen molar-refractivity contribution >= 4 is 34.2 Å². The fourth-order valence-electron chi connectivity index (χ4n) is 4.58. The maximum atomic E-state index is 13.4. The highest BCUT2D eigenvalue weighted by Gasteiger charge is 2.47. The molecule has 1 rings (SSSR count). The number of unbranched alkanes of at least 4 members (excludes halogenated alkanes) is 2. The van der Waals surface area contributed by atoms with Gasteiger partial charge in [0.2, 0.25) is 0 Å². The summed E-state index contributed by atoms with van der Waals surface area (Å²) >= 11 is 0. The summed E-state index contributed by atoms with van der Waals surface area (Å²) < 4.78 is 18.3. The van der Waals surface area contributed by atoms with Crippen molar-refractivity contribution in [2.45, 2.75) is 148 Å². The summed E-state index contributed by atoms with van der Waals surface area (Å²) in [5.74, 6) is -0.867. The standard InChI is InChI=1S/C33H60O6Si2/c1-13-14-15-19-26(38-40(9,10)32(2,3)4)21-22-27-28(23-25(34)18-16-17-20-31(36)37-8)29(35)24-30(27)39-41(11,12)33(5,6)7/h17,20-22,26-28,30H,13-16,18-19,23-24H2,1-12H3/b20-17+,22-21+/t26-,27+,28+,30+/m0/s1. The third kappa shape index (κ3) is 12.0. The zero-order valence-electron chi connectivity index (χ0n) is 28.2. The van der Waals surface area contributed by atoms with Crippen LogP contribution in [-0.2, 0) is 28.0 Å². The Kier molecular flexibility index (Phi) is 14.6. The van der Waals surface area contributed by atoms with Gasteiger partial charge in [-0.25, -0.2) is 4.79 Å². The molecule has 1 fully saturated rings. The van der Waals surface area contributed by atoms with Crippen molar-refractivity contribution in [1.82, 2.24) is 0 Å². The van der Waals surface area contributed by atoms with Gasteiger partial charge >= 0.3 is 5.97 Å². The number of ether oxygens (including phenoxy) is 1. The topological polar surface area (TPSA) is 78.9 Å². The summed E-state index contributed by atoms with van der Waals surface area (Å²) in [7, 11) is -2.83. The van der Waals surface area contributed by atoms with Gasteiger partial charge in [-0.2, -0.15) is 0 Å². The molecule has 0 aromatic carbocycles. The van der Waals surface area contributed by atoms with Crippen LogP contribution in [0.4, 0.5) is 0 Å². The van der Waals surface area contributed by atoms with E-state index in [9.17, 15) is 14.4 Å². The fourth-order valence-corrected chi connectivity index (χ4v) is 7.24. The second-order valence-electron chi connectivity index (χ2n) is 14.8. The van der Waals surface area contributed by atoms with Crippen LogP contribution >= 0.6 is 0 Å². The number of rotatable bonds is 16. The lowest BCUT2D eigenvalue weighted by Gasteiger charge is -2.40. The van der Waals surface area contributed by atoms with Gasteiger partial charge in [0, 0.05) is 37.2 Å². The molecule has 0 amide bonds. The van der Waals surface area contributed by atoms with Crippen LogP contribution in [0.3, 0.4) is 0 Å². The van der Waals surface area contributed by atoms with Crippen LogP contribution in [0.15, 0.2) is 24.3 Å². The van der Waals surface area contributed by atoms with Gasteiger partial charge in [0.25, 0.3) is 0 Å². The highest BCUT2D eigenvalue weighted by Crippen LogP contribution is 2.43. The number of esters is 1. The molecule has 0 N–H and O–H groups in total. The lowest BCUT2D eigenvalue weighted by Crippen LogP contribution is -2.45. The van der Waals surface area contributed by atoms with Crippen LogP contribution in [0, 0.1) is 11.8 Å². The Hall–Kier alpha value is -1.36. The average molecular weight is 609 g/mol. The number of methoxy groups -OCH3 is 1. The van der Waals surface area contributed by atoms with E-state index in [2.05, 4.69) is 91.5 Å². The number of hydrogen-bond donors (Lipinski definition) is 0. The minimum atomic E-state index is -2.14. The zero-order valence-corrected chi connectivity index (χ0v) is 30.2. The van der Waals surface area contributed by atoms with E-state index in [4.69, 9.17) is 8.85 Å². The van der Waals surface area contributed by atoms with Crippen molar-refractivity contribution < 1.29 is 28.0 Å². The predicted molar refractivity (Wildman–Crippen MR) is 174 cm³/mol. The zero-order chi connectivity index (χ0) is 31.6. The first-order valence-corrected chi connectivity index (χ1v) is 21.4. The molecular formula is C33H60O6Si2. The molecule has 8 heteroatoms. The highest BCUT2D eigenvalue weighted by atomic mass is 28.4. The summed E-state index contributed by atoms with van der Waals surface area (Å²) in [5.41, 5.74) is 0. The molecule has 0 spiro atoms. The fraction of sp³-hybridized carbons (Fsp3) is 0.788. The molecule has 0 saturated heterocycles. The van der Waals surface area contributed by atoms with Crippen molar-refractivity contribution in [2.24, 2.45) is 11.8 Å². The summed E-state index contributed by atoms with van der Waals surface area (Å²) in [6.45, 7) is 24.6. The Labute approximate surface area is 253 Å². The first-order chi connectivity index (χ1) is 18.8. The molecule has 0 heterocycles. The van der Waals surface area contributed by atoms with Crippen molar-refractivity contribution in [3.8, 4) is 0 Å². The minimum absolute atomic E-state index is 0.0122. The monoisotopic (exact) mass is 608 g/mol. The molecule has 1 saturated carbocycles. The van der Waals surface area contributed by atoms with E-state index in [1.54, 1.807) is 6.08 Å².